The molecule has 0 aliphatic carbocycles. The minimum Gasteiger partial charge on any atom is -0.497 e. The number of methoxy groups -OCH3 is 1. The zero-order chi connectivity index (χ0) is 19.1. The molecule has 0 unspecified atom stereocenters. The molecule has 0 atom stereocenters. The number of hydrogen-bond donors (Lipinski definition) is 1. The van der Waals surface area contributed by atoms with Crippen molar-refractivity contribution in [2.24, 2.45) is 0 Å². The van der Waals surface area contributed by atoms with Crippen molar-refractivity contribution in [3.8, 4) is 5.75 Å². The monoisotopic (exact) mass is 362 g/mol. The molecule has 0 spiro atoms. The van der Waals surface area contributed by atoms with Crippen LogP contribution in [-0.2, 0) is 6.54 Å². The minimum atomic E-state index is -0.279. The summed E-state index contributed by atoms with van der Waals surface area (Å²) in [5.74, 6) is 1.28. The molecule has 0 bridgehead atoms. The zero-order valence-electron chi connectivity index (χ0n) is 15.4. The Morgan fingerprint density at radius 3 is 2.33 bits per heavy atom. The van der Waals surface area contributed by atoms with Crippen LogP contribution in [0.3, 0.4) is 0 Å². The number of para-hydroxylation sites is 1. The molecule has 2 aromatic carbocycles. The molecule has 6 nitrogen and oxygen atoms in total. The summed E-state index contributed by atoms with van der Waals surface area (Å²) in [4.78, 5) is 14.4. The molecule has 0 saturated heterocycles. The standard InChI is InChI=1S/C21H22N4O2/c1-3-25(15-16-9-11-18(27-2)12-10-16)20-14-13-19(23-24-20)21(26)22-17-7-5-4-6-8-17/h4-14H,3,15H2,1-2H3,(H,22,26). The highest BCUT2D eigenvalue weighted by atomic mass is 16.5. The van der Waals surface area contributed by atoms with Gasteiger partial charge in [0, 0.05) is 18.8 Å². The quantitative estimate of drug-likeness (QED) is 0.693. The van der Waals surface area contributed by atoms with E-state index in [0.717, 1.165) is 29.4 Å². The summed E-state index contributed by atoms with van der Waals surface area (Å²) >= 11 is 0. The number of carbonyl (C=O) groups excluding carboxylic acids is 1. The van der Waals surface area contributed by atoms with E-state index < -0.39 is 0 Å². The van der Waals surface area contributed by atoms with Crippen LogP contribution >= 0.6 is 0 Å². The average Bonchev–Trinajstić information content (AvgIpc) is 2.73. The number of benzene rings is 2. The Morgan fingerprint density at radius 2 is 1.74 bits per heavy atom. The third kappa shape index (κ3) is 4.82. The summed E-state index contributed by atoms with van der Waals surface area (Å²) in [6.45, 7) is 3.53. The summed E-state index contributed by atoms with van der Waals surface area (Å²) < 4.78 is 5.19. The van der Waals surface area contributed by atoms with E-state index >= 15 is 0 Å². The molecule has 27 heavy (non-hydrogen) atoms. The Bertz CT molecular complexity index is 865. The number of hydrogen-bond acceptors (Lipinski definition) is 5. The predicted molar refractivity (Wildman–Crippen MR) is 106 cm³/mol. The van der Waals surface area contributed by atoms with Crippen LogP contribution in [0.4, 0.5) is 11.5 Å². The Kier molecular flexibility index (Phi) is 5.99. The molecule has 0 saturated carbocycles. The number of carbonyl (C=O) groups is 1. The van der Waals surface area contributed by atoms with E-state index in [0.29, 0.717) is 6.54 Å². The molecular weight excluding hydrogens is 340 g/mol. The normalized spacial score (nSPS) is 10.3. The van der Waals surface area contributed by atoms with E-state index in [1.807, 2.05) is 60.7 Å². The van der Waals surface area contributed by atoms with Gasteiger partial charge in [0.15, 0.2) is 11.5 Å². The van der Waals surface area contributed by atoms with Crippen LogP contribution in [0, 0.1) is 0 Å². The molecule has 0 aliphatic rings. The Morgan fingerprint density at radius 1 is 1.00 bits per heavy atom. The van der Waals surface area contributed by atoms with Crippen molar-refractivity contribution >= 4 is 17.4 Å². The topological polar surface area (TPSA) is 67.3 Å². The van der Waals surface area contributed by atoms with Crippen molar-refractivity contribution in [1.29, 1.82) is 0 Å². The molecule has 3 aromatic rings. The second kappa shape index (κ2) is 8.80. The average molecular weight is 362 g/mol. The molecule has 138 valence electrons. The first-order valence-electron chi connectivity index (χ1n) is 8.77. The Labute approximate surface area is 158 Å². The molecule has 1 heterocycles. The van der Waals surface area contributed by atoms with E-state index in [-0.39, 0.29) is 11.6 Å². The van der Waals surface area contributed by atoms with Crippen LogP contribution in [0.5, 0.6) is 5.75 Å². The van der Waals surface area contributed by atoms with Crippen LogP contribution in [0.1, 0.15) is 23.0 Å². The highest BCUT2D eigenvalue weighted by Crippen LogP contribution is 2.17. The fourth-order valence-electron chi connectivity index (χ4n) is 2.64. The molecular formula is C21H22N4O2. The van der Waals surface area contributed by atoms with Gasteiger partial charge in [-0.3, -0.25) is 4.79 Å². The molecule has 3 rings (SSSR count). The number of nitrogens with one attached hydrogen (secondary N) is 1. The third-order valence-corrected chi connectivity index (χ3v) is 4.15. The third-order valence-electron chi connectivity index (χ3n) is 4.15. The summed E-state index contributed by atoms with van der Waals surface area (Å²) in [6.07, 6.45) is 0. The highest BCUT2D eigenvalue weighted by Gasteiger charge is 2.12. The number of rotatable bonds is 7. The molecule has 0 fully saturated rings. The highest BCUT2D eigenvalue weighted by molar-refractivity contribution is 6.02. The first-order chi connectivity index (χ1) is 13.2. The first-order valence-corrected chi connectivity index (χ1v) is 8.77. The van der Waals surface area contributed by atoms with Gasteiger partial charge in [-0.2, -0.15) is 0 Å². The van der Waals surface area contributed by atoms with Gasteiger partial charge in [0.2, 0.25) is 0 Å². The van der Waals surface area contributed by atoms with Gasteiger partial charge in [-0.05, 0) is 48.9 Å². The Hall–Kier alpha value is -3.41. The second-order valence-electron chi connectivity index (χ2n) is 5.96. The number of amides is 1. The molecule has 1 aromatic heterocycles. The van der Waals surface area contributed by atoms with Crippen LogP contribution in [0.25, 0.3) is 0 Å². The summed E-state index contributed by atoms with van der Waals surface area (Å²) in [7, 11) is 1.65. The van der Waals surface area contributed by atoms with Gasteiger partial charge in [-0.15, -0.1) is 10.2 Å². The van der Waals surface area contributed by atoms with Gasteiger partial charge in [-0.25, -0.2) is 0 Å². The second-order valence-corrected chi connectivity index (χ2v) is 5.96. The maximum atomic E-state index is 12.3. The molecule has 0 radical (unpaired) electrons. The van der Waals surface area contributed by atoms with Crippen molar-refractivity contribution in [2.45, 2.75) is 13.5 Å². The van der Waals surface area contributed by atoms with Gasteiger partial charge in [-0.1, -0.05) is 30.3 Å². The van der Waals surface area contributed by atoms with Gasteiger partial charge < -0.3 is 15.0 Å². The zero-order valence-corrected chi connectivity index (χ0v) is 15.4. The van der Waals surface area contributed by atoms with Crippen LogP contribution < -0.4 is 15.0 Å². The summed E-state index contributed by atoms with van der Waals surface area (Å²) in [5, 5.41) is 11.1. The van der Waals surface area contributed by atoms with Crippen molar-refractivity contribution in [3.63, 3.8) is 0 Å². The number of ether oxygens (including phenoxy) is 1. The lowest BCUT2D eigenvalue weighted by Crippen LogP contribution is -2.24. The smallest absolute Gasteiger partial charge is 0.276 e. The van der Waals surface area contributed by atoms with E-state index in [4.69, 9.17) is 4.74 Å². The Balaban J connectivity index is 1.67. The van der Waals surface area contributed by atoms with Crippen molar-refractivity contribution in [1.82, 2.24) is 10.2 Å². The van der Waals surface area contributed by atoms with Crippen molar-refractivity contribution < 1.29 is 9.53 Å². The van der Waals surface area contributed by atoms with E-state index in [1.54, 1.807) is 13.2 Å². The molecule has 1 N–H and O–H groups in total. The van der Waals surface area contributed by atoms with E-state index in [1.165, 1.54) is 0 Å². The lowest BCUT2D eigenvalue weighted by molar-refractivity contribution is 0.102. The molecule has 6 heteroatoms. The fourth-order valence-corrected chi connectivity index (χ4v) is 2.64. The van der Waals surface area contributed by atoms with Crippen LogP contribution in [0.15, 0.2) is 66.7 Å². The predicted octanol–water partition coefficient (Wildman–Crippen LogP) is 3.76. The van der Waals surface area contributed by atoms with Crippen molar-refractivity contribution in [2.75, 3.05) is 23.9 Å². The maximum Gasteiger partial charge on any atom is 0.276 e. The van der Waals surface area contributed by atoms with Gasteiger partial charge in [0.1, 0.15) is 5.75 Å². The lowest BCUT2D eigenvalue weighted by atomic mass is 10.2. The van der Waals surface area contributed by atoms with Crippen molar-refractivity contribution in [3.05, 3.63) is 78.0 Å². The van der Waals surface area contributed by atoms with Gasteiger partial charge in [0.25, 0.3) is 5.91 Å². The minimum absolute atomic E-state index is 0.279. The molecule has 0 aliphatic heterocycles. The van der Waals surface area contributed by atoms with Crippen LogP contribution in [-0.4, -0.2) is 29.8 Å². The van der Waals surface area contributed by atoms with Crippen LogP contribution in [0.2, 0.25) is 0 Å². The maximum absolute atomic E-state index is 12.3. The first kappa shape index (κ1) is 18.4. The molecule has 1 amide bonds. The number of nitrogens with zero attached hydrogens (tertiary/aromatic N) is 3. The summed E-state index contributed by atoms with van der Waals surface area (Å²) in [6, 6.07) is 20.7. The number of aromatic nitrogens is 2. The SMILES string of the molecule is CCN(Cc1ccc(OC)cc1)c1ccc(C(=O)Nc2ccccc2)nn1. The fraction of sp³-hybridized carbons (Fsp3) is 0.190. The summed E-state index contributed by atoms with van der Waals surface area (Å²) in [5.41, 5.74) is 2.15. The van der Waals surface area contributed by atoms with E-state index in [9.17, 15) is 4.79 Å². The lowest BCUT2D eigenvalue weighted by Gasteiger charge is -2.21. The van der Waals surface area contributed by atoms with E-state index in [2.05, 4.69) is 27.3 Å². The van der Waals surface area contributed by atoms with Gasteiger partial charge in [0.05, 0.1) is 7.11 Å². The number of anilines is 2. The van der Waals surface area contributed by atoms with Gasteiger partial charge >= 0.3 is 0 Å². The largest absolute Gasteiger partial charge is 0.497 e.